The molecular weight excluding hydrogens is 368 g/mol. The molecule has 1 amide bonds. The van der Waals surface area contributed by atoms with Gasteiger partial charge in [-0.05, 0) is 17.5 Å². The molecule has 0 fully saturated rings. The molecule has 6 heteroatoms. The van der Waals surface area contributed by atoms with Crippen LogP contribution >= 0.6 is 22.9 Å². The molecule has 0 aliphatic rings. The molecule has 1 heterocycles. The van der Waals surface area contributed by atoms with Crippen molar-refractivity contribution in [2.75, 3.05) is 0 Å². The Labute approximate surface area is 158 Å². The summed E-state index contributed by atoms with van der Waals surface area (Å²) in [5.74, 6) is -0.256. The van der Waals surface area contributed by atoms with E-state index in [2.05, 4.69) is 10.5 Å². The third-order valence-corrected chi connectivity index (χ3v) is 5.72. The standard InChI is InChI=1S/C20H13ClN2O2S/c21-17-15-7-3-4-8-16(15)26-19(17)20(25)23-22-11-13-10-9-12-5-1-2-6-14(12)18(13)24/h1-11,24H,(H,23,25)/b22-11+. The van der Waals surface area contributed by atoms with Crippen LogP contribution in [-0.2, 0) is 0 Å². The Kier molecular flexibility index (Phi) is 4.32. The molecular formula is C20H13ClN2O2S. The van der Waals surface area contributed by atoms with Gasteiger partial charge in [0.15, 0.2) is 0 Å². The van der Waals surface area contributed by atoms with Crippen molar-refractivity contribution in [2.24, 2.45) is 5.10 Å². The van der Waals surface area contributed by atoms with Crippen molar-refractivity contribution in [1.82, 2.24) is 5.43 Å². The van der Waals surface area contributed by atoms with E-state index in [0.717, 1.165) is 20.9 Å². The van der Waals surface area contributed by atoms with Gasteiger partial charge in [0.05, 0.1) is 11.2 Å². The third-order valence-electron chi connectivity index (χ3n) is 4.04. The van der Waals surface area contributed by atoms with E-state index in [1.165, 1.54) is 17.6 Å². The lowest BCUT2D eigenvalue weighted by Crippen LogP contribution is -2.16. The van der Waals surface area contributed by atoms with Gasteiger partial charge in [0.1, 0.15) is 10.6 Å². The summed E-state index contributed by atoms with van der Waals surface area (Å²) < 4.78 is 0.943. The fourth-order valence-electron chi connectivity index (χ4n) is 2.75. The first-order chi connectivity index (χ1) is 12.6. The van der Waals surface area contributed by atoms with Crippen LogP contribution in [0.1, 0.15) is 15.2 Å². The van der Waals surface area contributed by atoms with Crippen molar-refractivity contribution in [1.29, 1.82) is 0 Å². The Morgan fingerprint density at radius 3 is 2.58 bits per heavy atom. The van der Waals surface area contributed by atoms with E-state index in [-0.39, 0.29) is 11.7 Å². The van der Waals surface area contributed by atoms with Crippen LogP contribution in [0.3, 0.4) is 0 Å². The summed E-state index contributed by atoms with van der Waals surface area (Å²) in [7, 11) is 0. The lowest BCUT2D eigenvalue weighted by atomic mass is 10.1. The number of nitrogens with one attached hydrogen (secondary N) is 1. The number of amides is 1. The van der Waals surface area contributed by atoms with Crippen molar-refractivity contribution in [3.05, 3.63) is 76.1 Å². The van der Waals surface area contributed by atoms with Crippen LogP contribution < -0.4 is 5.43 Å². The Bertz CT molecular complexity index is 1170. The highest BCUT2D eigenvalue weighted by atomic mass is 35.5. The predicted molar refractivity (Wildman–Crippen MR) is 108 cm³/mol. The second kappa shape index (κ2) is 6.78. The maximum absolute atomic E-state index is 12.4. The van der Waals surface area contributed by atoms with E-state index in [4.69, 9.17) is 11.6 Å². The second-order valence-corrected chi connectivity index (χ2v) is 7.10. The first-order valence-corrected chi connectivity index (χ1v) is 9.06. The number of hydrogen-bond acceptors (Lipinski definition) is 4. The monoisotopic (exact) mass is 380 g/mol. The van der Waals surface area contributed by atoms with Crippen molar-refractivity contribution in [3.63, 3.8) is 0 Å². The molecule has 4 aromatic rings. The fourth-order valence-corrected chi connectivity index (χ4v) is 4.15. The number of aromatic hydroxyl groups is 1. The van der Waals surface area contributed by atoms with E-state index in [0.29, 0.717) is 15.5 Å². The smallest absolute Gasteiger partial charge is 0.283 e. The van der Waals surface area contributed by atoms with Crippen LogP contribution in [0, 0.1) is 0 Å². The van der Waals surface area contributed by atoms with Crippen LogP contribution in [0.4, 0.5) is 0 Å². The predicted octanol–water partition coefficient (Wildman–Crippen LogP) is 5.18. The zero-order valence-electron chi connectivity index (χ0n) is 13.4. The Morgan fingerprint density at radius 2 is 1.77 bits per heavy atom. The molecule has 0 unspecified atom stereocenters. The fraction of sp³-hybridized carbons (Fsp3) is 0. The number of carbonyl (C=O) groups is 1. The Morgan fingerprint density at radius 1 is 1.04 bits per heavy atom. The van der Waals surface area contributed by atoms with Gasteiger partial charge in [-0.25, -0.2) is 5.43 Å². The van der Waals surface area contributed by atoms with Crippen LogP contribution in [0.5, 0.6) is 5.75 Å². The first kappa shape index (κ1) is 16.6. The lowest BCUT2D eigenvalue weighted by Gasteiger charge is -2.04. The number of phenols is 1. The summed E-state index contributed by atoms with van der Waals surface area (Å²) in [5, 5.41) is 17.2. The number of halogens is 1. The minimum Gasteiger partial charge on any atom is -0.507 e. The SMILES string of the molecule is O=C(N/N=C/c1ccc2ccccc2c1O)c1sc2ccccc2c1Cl. The number of carbonyl (C=O) groups excluding carboxylic acids is 1. The van der Waals surface area contributed by atoms with E-state index in [9.17, 15) is 9.90 Å². The maximum atomic E-state index is 12.4. The van der Waals surface area contributed by atoms with Gasteiger partial charge in [0.25, 0.3) is 5.91 Å². The third kappa shape index (κ3) is 2.92. The van der Waals surface area contributed by atoms with Crippen LogP contribution in [0.2, 0.25) is 5.02 Å². The molecule has 0 atom stereocenters. The molecule has 0 bridgehead atoms. The minimum absolute atomic E-state index is 0.126. The largest absolute Gasteiger partial charge is 0.507 e. The highest BCUT2D eigenvalue weighted by Crippen LogP contribution is 2.35. The zero-order chi connectivity index (χ0) is 18.1. The van der Waals surface area contributed by atoms with E-state index in [1.807, 2.05) is 54.6 Å². The zero-order valence-corrected chi connectivity index (χ0v) is 15.0. The number of hydrogen-bond donors (Lipinski definition) is 2. The molecule has 128 valence electrons. The van der Waals surface area contributed by atoms with E-state index >= 15 is 0 Å². The first-order valence-electron chi connectivity index (χ1n) is 7.86. The maximum Gasteiger partial charge on any atom is 0.283 e. The Balaban J connectivity index is 1.57. The lowest BCUT2D eigenvalue weighted by molar-refractivity contribution is 0.0959. The molecule has 0 spiro atoms. The number of hydrazone groups is 1. The van der Waals surface area contributed by atoms with Crippen LogP contribution in [0.15, 0.2) is 65.8 Å². The van der Waals surface area contributed by atoms with Gasteiger partial charge in [0.2, 0.25) is 0 Å². The highest BCUT2D eigenvalue weighted by Gasteiger charge is 2.16. The van der Waals surface area contributed by atoms with Gasteiger partial charge in [-0.2, -0.15) is 5.10 Å². The average molecular weight is 381 g/mol. The summed E-state index contributed by atoms with van der Waals surface area (Å²) in [5.41, 5.74) is 2.99. The van der Waals surface area contributed by atoms with Crippen molar-refractivity contribution in [2.45, 2.75) is 0 Å². The van der Waals surface area contributed by atoms with Crippen LogP contribution in [0.25, 0.3) is 20.9 Å². The van der Waals surface area contributed by atoms with Gasteiger partial charge >= 0.3 is 0 Å². The summed E-state index contributed by atoms with van der Waals surface area (Å²) >= 11 is 7.61. The molecule has 0 aliphatic heterocycles. The molecule has 26 heavy (non-hydrogen) atoms. The van der Waals surface area contributed by atoms with E-state index < -0.39 is 0 Å². The summed E-state index contributed by atoms with van der Waals surface area (Å²) in [6.07, 6.45) is 1.42. The van der Waals surface area contributed by atoms with Crippen molar-refractivity contribution < 1.29 is 9.90 Å². The Hall–Kier alpha value is -2.89. The second-order valence-electron chi connectivity index (χ2n) is 5.66. The van der Waals surface area contributed by atoms with Crippen molar-refractivity contribution in [3.8, 4) is 5.75 Å². The summed E-state index contributed by atoms with van der Waals surface area (Å²) in [6, 6.07) is 18.7. The number of nitrogens with zero attached hydrogens (tertiary/aromatic N) is 1. The van der Waals surface area contributed by atoms with Gasteiger partial charge in [-0.15, -0.1) is 11.3 Å². The van der Waals surface area contributed by atoms with Gasteiger partial charge in [-0.3, -0.25) is 4.79 Å². The van der Waals surface area contributed by atoms with Gasteiger partial charge in [0, 0.05) is 21.0 Å². The molecule has 0 radical (unpaired) electrons. The molecule has 4 nitrogen and oxygen atoms in total. The normalized spacial score (nSPS) is 11.4. The number of thiophene rings is 1. The molecule has 0 saturated carbocycles. The minimum atomic E-state index is -0.382. The quantitative estimate of drug-likeness (QED) is 0.380. The molecule has 2 N–H and O–H groups in total. The van der Waals surface area contributed by atoms with E-state index in [1.54, 1.807) is 6.07 Å². The number of benzene rings is 3. The van der Waals surface area contributed by atoms with Gasteiger partial charge < -0.3 is 5.11 Å². The topological polar surface area (TPSA) is 61.7 Å². The summed E-state index contributed by atoms with van der Waals surface area (Å²) in [4.78, 5) is 12.8. The molecule has 1 aromatic heterocycles. The summed E-state index contributed by atoms with van der Waals surface area (Å²) in [6.45, 7) is 0. The molecule has 0 aliphatic carbocycles. The highest BCUT2D eigenvalue weighted by molar-refractivity contribution is 7.21. The van der Waals surface area contributed by atoms with Gasteiger partial charge in [-0.1, -0.05) is 60.1 Å². The molecule has 3 aromatic carbocycles. The number of phenolic OH excluding ortho intramolecular Hbond substituents is 1. The van der Waals surface area contributed by atoms with Crippen LogP contribution in [-0.4, -0.2) is 17.2 Å². The van der Waals surface area contributed by atoms with Crippen molar-refractivity contribution >= 4 is 55.9 Å². The molecule has 0 saturated heterocycles. The average Bonchev–Trinajstić information content (AvgIpc) is 3.01. The number of rotatable bonds is 3. The molecule has 4 rings (SSSR count). The number of fused-ring (bicyclic) bond motifs is 2.